The lowest BCUT2D eigenvalue weighted by atomic mass is 10.1. The molecule has 0 saturated carbocycles. The molecule has 3 N–H and O–H groups in total. The molecule has 0 aromatic carbocycles. The summed E-state index contributed by atoms with van der Waals surface area (Å²) in [5.41, 5.74) is 0. The highest BCUT2D eigenvalue weighted by atomic mass is 19.3. The van der Waals surface area contributed by atoms with Crippen molar-refractivity contribution in [1.82, 2.24) is 5.32 Å². The lowest BCUT2D eigenvalue weighted by Crippen LogP contribution is -2.51. The highest BCUT2D eigenvalue weighted by Crippen LogP contribution is 2.23. The fourth-order valence-electron chi connectivity index (χ4n) is 0.879. The number of carbonyl (C=O) groups excluding carboxylic acids is 1. The number of carbonyl (C=O) groups is 3. The van der Waals surface area contributed by atoms with Crippen molar-refractivity contribution < 1.29 is 42.2 Å². The Morgan fingerprint density at radius 1 is 1.17 bits per heavy atom. The predicted molar refractivity (Wildman–Crippen MR) is 47.4 cm³/mol. The van der Waals surface area contributed by atoms with Crippen LogP contribution in [0.1, 0.15) is 12.8 Å². The number of rotatable bonds is 7. The number of nitrogens with one attached hydrogen (secondary N) is 1. The molecule has 104 valence electrons. The van der Waals surface area contributed by atoms with E-state index in [0.717, 1.165) is 5.32 Å². The molecule has 0 rings (SSSR count). The van der Waals surface area contributed by atoms with E-state index < -0.39 is 49.1 Å². The van der Waals surface area contributed by atoms with Crippen molar-refractivity contribution >= 4 is 17.8 Å². The van der Waals surface area contributed by atoms with E-state index in [2.05, 4.69) is 0 Å². The third-order valence-electron chi connectivity index (χ3n) is 1.83. The number of aliphatic carboxylic acids is 2. The van der Waals surface area contributed by atoms with Gasteiger partial charge in [-0.3, -0.25) is 9.59 Å². The molecule has 10 heteroatoms. The van der Waals surface area contributed by atoms with Gasteiger partial charge in [0.05, 0.1) is 0 Å². The van der Waals surface area contributed by atoms with E-state index >= 15 is 0 Å². The molecule has 0 fully saturated rings. The first kappa shape index (κ1) is 16.1. The molecule has 0 aliphatic rings. The number of halogens is 4. The van der Waals surface area contributed by atoms with Crippen LogP contribution in [0.3, 0.4) is 0 Å². The van der Waals surface area contributed by atoms with Crippen molar-refractivity contribution in [3.8, 4) is 0 Å². The second kappa shape index (κ2) is 6.17. The van der Waals surface area contributed by atoms with Crippen LogP contribution < -0.4 is 5.32 Å². The number of carboxylic acid groups (broad SMARTS) is 2. The first-order valence-electron chi connectivity index (χ1n) is 4.50. The summed E-state index contributed by atoms with van der Waals surface area (Å²) in [6.07, 6.45) is -5.71. The van der Waals surface area contributed by atoms with Gasteiger partial charge < -0.3 is 15.5 Å². The largest absolute Gasteiger partial charge is 0.481 e. The van der Waals surface area contributed by atoms with Crippen molar-refractivity contribution in [2.75, 3.05) is 0 Å². The summed E-state index contributed by atoms with van der Waals surface area (Å²) >= 11 is 0. The Morgan fingerprint density at radius 3 is 2.00 bits per heavy atom. The molecule has 18 heavy (non-hydrogen) atoms. The average molecular weight is 275 g/mol. The van der Waals surface area contributed by atoms with Crippen LogP contribution in [-0.4, -0.2) is 46.4 Å². The molecule has 0 spiro atoms. The van der Waals surface area contributed by atoms with Crippen LogP contribution in [-0.2, 0) is 14.4 Å². The van der Waals surface area contributed by atoms with E-state index in [0.29, 0.717) is 0 Å². The maximum absolute atomic E-state index is 12.5. The number of alkyl halides is 4. The Balaban J connectivity index is 4.65. The van der Waals surface area contributed by atoms with Gasteiger partial charge in [0.15, 0.2) is 0 Å². The van der Waals surface area contributed by atoms with Crippen molar-refractivity contribution in [3.05, 3.63) is 0 Å². The molecule has 0 aromatic heterocycles. The lowest BCUT2D eigenvalue weighted by Gasteiger charge is -2.18. The van der Waals surface area contributed by atoms with Crippen LogP contribution in [0, 0.1) is 0 Å². The summed E-state index contributed by atoms with van der Waals surface area (Å²) in [7, 11) is 0. The molecule has 1 unspecified atom stereocenters. The van der Waals surface area contributed by atoms with Gasteiger partial charge in [-0.05, 0) is 6.42 Å². The maximum atomic E-state index is 12.5. The highest BCUT2D eigenvalue weighted by molar-refractivity contribution is 5.88. The molecule has 6 nitrogen and oxygen atoms in total. The summed E-state index contributed by atoms with van der Waals surface area (Å²) in [5, 5.41) is 17.9. The first-order valence-corrected chi connectivity index (χ1v) is 4.50. The van der Waals surface area contributed by atoms with Gasteiger partial charge in [-0.1, -0.05) is 0 Å². The van der Waals surface area contributed by atoms with Gasteiger partial charge in [0.25, 0.3) is 5.91 Å². The van der Waals surface area contributed by atoms with Crippen LogP contribution in [0.5, 0.6) is 0 Å². The number of hydrogen-bond donors (Lipinski definition) is 3. The van der Waals surface area contributed by atoms with Crippen molar-refractivity contribution in [1.29, 1.82) is 0 Å². The minimum atomic E-state index is -5.03. The summed E-state index contributed by atoms with van der Waals surface area (Å²) in [4.78, 5) is 31.4. The van der Waals surface area contributed by atoms with E-state index in [-0.39, 0.29) is 0 Å². The monoisotopic (exact) mass is 275 g/mol. The molecule has 1 amide bonds. The third kappa shape index (κ3) is 4.55. The standard InChI is InChI=1S/C8H9F4NO5/c9-6(10)8(11,12)7(18)13-3(5(16)17)1-2-4(14)15/h3,6H,1-2H2,(H,13,18)(H,14,15)(H,16,17). The summed E-state index contributed by atoms with van der Waals surface area (Å²) in [6.45, 7) is 0. The number of carboxylic acids is 2. The second-order valence-electron chi connectivity index (χ2n) is 3.22. The number of hydrogen-bond acceptors (Lipinski definition) is 3. The number of amides is 1. The zero-order valence-corrected chi connectivity index (χ0v) is 8.70. The molecule has 0 radical (unpaired) electrons. The summed E-state index contributed by atoms with van der Waals surface area (Å²) in [5.74, 6) is -10.7. The maximum Gasteiger partial charge on any atom is 0.383 e. The second-order valence-corrected chi connectivity index (χ2v) is 3.22. The Bertz CT molecular complexity index is 346. The Labute approximate surface area is 97.6 Å². The normalized spacial score (nSPS) is 13.2. The molecular formula is C8H9F4NO5. The minimum absolute atomic E-state index is 0.699. The summed E-state index contributed by atoms with van der Waals surface area (Å²) in [6, 6.07) is -1.97. The quantitative estimate of drug-likeness (QED) is 0.580. The predicted octanol–water partition coefficient (Wildman–Crippen LogP) is 0.321. The van der Waals surface area contributed by atoms with Crippen LogP contribution in [0.4, 0.5) is 17.6 Å². The Morgan fingerprint density at radius 2 is 1.67 bits per heavy atom. The minimum Gasteiger partial charge on any atom is -0.481 e. The molecule has 0 bridgehead atoms. The van der Waals surface area contributed by atoms with Gasteiger partial charge in [-0.2, -0.15) is 8.78 Å². The fourth-order valence-corrected chi connectivity index (χ4v) is 0.879. The molecule has 1 atom stereocenters. The van der Waals surface area contributed by atoms with E-state index in [1.165, 1.54) is 0 Å². The Kier molecular flexibility index (Phi) is 5.53. The van der Waals surface area contributed by atoms with Crippen LogP contribution >= 0.6 is 0 Å². The van der Waals surface area contributed by atoms with Gasteiger partial charge in [0.2, 0.25) is 0 Å². The average Bonchev–Trinajstić information content (AvgIpc) is 2.22. The molecule has 0 aromatic rings. The van der Waals surface area contributed by atoms with Crippen molar-refractivity contribution in [2.45, 2.75) is 31.2 Å². The molecule has 0 aliphatic heterocycles. The molecular weight excluding hydrogens is 266 g/mol. The van der Waals surface area contributed by atoms with Crippen molar-refractivity contribution in [2.24, 2.45) is 0 Å². The zero-order chi connectivity index (χ0) is 14.5. The van der Waals surface area contributed by atoms with Crippen LogP contribution in [0.2, 0.25) is 0 Å². The van der Waals surface area contributed by atoms with Gasteiger partial charge in [-0.15, -0.1) is 0 Å². The SMILES string of the molecule is O=C(O)CCC(NC(=O)C(F)(F)C(F)F)C(=O)O. The van der Waals surface area contributed by atoms with Gasteiger partial charge >= 0.3 is 24.3 Å². The third-order valence-corrected chi connectivity index (χ3v) is 1.83. The summed E-state index contributed by atoms with van der Waals surface area (Å²) < 4.78 is 48.5. The van der Waals surface area contributed by atoms with Crippen molar-refractivity contribution in [3.63, 3.8) is 0 Å². The van der Waals surface area contributed by atoms with Crippen LogP contribution in [0.25, 0.3) is 0 Å². The van der Waals surface area contributed by atoms with Crippen LogP contribution in [0.15, 0.2) is 0 Å². The van der Waals surface area contributed by atoms with E-state index in [9.17, 15) is 31.9 Å². The van der Waals surface area contributed by atoms with Gasteiger partial charge in [0.1, 0.15) is 6.04 Å². The topological polar surface area (TPSA) is 104 Å². The Hall–Kier alpha value is -1.87. The molecule has 0 aliphatic carbocycles. The first-order chi connectivity index (χ1) is 8.09. The van der Waals surface area contributed by atoms with Gasteiger partial charge in [-0.25, -0.2) is 13.6 Å². The van der Waals surface area contributed by atoms with E-state index in [1.54, 1.807) is 0 Å². The van der Waals surface area contributed by atoms with E-state index in [1.807, 2.05) is 0 Å². The molecule has 0 saturated heterocycles. The van der Waals surface area contributed by atoms with Gasteiger partial charge in [0, 0.05) is 6.42 Å². The fraction of sp³-hybridized carbons (Fsp3) is 0.625. The van der Waals surface area contributed by atoms with E-state index in [4.69, 9.17) is 10.2 Å². The molecule has 0 heterocycles. The highest BCUT2D eigenvalue weighted by Gasteiger charge is 2.49. The zero-order valence-electron chi connectivity index (χ0n) is 8.70. The lowest BCUT2D eigenvalue weighted by molar-refractivity contribution is -0.171. The smallest absolute Gasteiger partial charge is 0.383 e.